The highest BCUT2D eigenvalue weighted by atomic mass is 35.5. The van der Waals surface area contributed by atoms with Gasteiger partial charge in [0.25, 0.3) is 5.91 Å². The Morgan fingerprint density at radius 3 is 2.59 bits per heavy atom. The molecule has 1 aromatic carbocycles. The van der Waals surface area contributed by atoms with Gasteiger partial charge in [-0.3, -0.25) is 14.5 Å². The molecule has 0 atom stereocenters. The van der Waals surface area contributed by atoms with Crippen LogP contribution in [-0.2, 0) is 4.79 Å². The van der Waals surface area contributed by atoms with Crippen molar-refractivity contribution in [3.8, 4) is 0 Å². The van der Waals surface area contributed by atoms with Gasteiger partial charge in [0.1, 0.15) is 0 Å². The van der Waals surface area contributed by atoms with Crippen molar-refractivity contribution in [2.24, 2.45) is 0 Å². The number of amides is 2. The highest BCUT2D eigenvalue weighted by Gasteiger charge is 2.19. The van der Waals surface area contributed by atoms with Crippen LogP contribution >= 0.6 is 22.9 Å². The standard InChI is InChI=1S/C20H22ClN3O2S/c21-17-5-2-1-4-16(17)7-8-19(25)24-13-11-23(12-14-24)10-9-22-20(26)18-6-3-15-27-18/h1-8,15H,9-14H2,(H,22,26)/b8-7+. The lowest BCUT2D eigenvalue weighted by molar-refractivity contribution is -0.127. The quantitative estimate of drug-likeness (QED) is 0.754. The van der Waals surface area contributed by atoms with E-state index in [9.17, 15) is 9.59 Å². The van der Waals surface area contributed by atoms with E-state index in [0.717, 1.165) is 30.1 Å². The molecule has 1 N–H and O–H groups in total. The molecule has 2 aromatic rings. The van der Waals surface area contributed by atoms with Crippen molar-refractivity contribution in [3.63, 3.8) is 0 Å². The third kappa shape index (κ3) is 5.66. The average Bonchev–Trinajstić information content (AvgIpc) is 3.22. The van der Waals surface area contributed by atoms with Crippen LogP contribution in [0, 0.1) is 0 Å². The van der Waals surface area contributed by atoms with Gasteiger partial charge < -0.3 is 10.2 Å². The molecule has 3 rings (SSSR count). The minimum absolute atomic E-state index is 0.000526. The summed E-state index contributed by atoms with van der Waals surface area (Å²) < 4.78 is 0. The molecule has 5 nitrogen and oxygen atoms in total. The number of rotatable bonds is 6. The number of carbonyl (C=O) groups is 2. The number of benzene rings is 1. The fraction of sp³-hybridized carbons (Fsp3) is 0.300. The lowest BCUT2D eigenvalue weighted by atomic mass is 10.2. The number of thiophene rings is 1. The summed E-state index contributed by atoms with van der Waals surface area (Å²) in [7, 11) is 0. The molecule has 1 aliphatic rings. The first-order valence-electron chi connectivity index (χ1n) is 8.89. The molecule has 0 spiro atoms. The van der Waals surface area contributed by atoms with Gasteiger partial charge in [0.2, 0.25) is 5.91 Å². The van der Waals surface area contributed by atoms with E-state index in [1.54, 1.807) is 12.2 Å². The third-order valence-electron chi connectivity index (χ3n) is 4.45. The number of piperazine rings is 1. The van der Waals surface area contributed by atoms with Gasteiger partial charge in [-0.05, 0) is 29.2 Å². The maximum absolute atomic E-state index is 12.3. The Labute approximate surface area is 168 Å². The summed E-state index contributed by atoms with van der Waals surface area (Å²) in [6.07, 6.45) is 3.34. The Hall–Kier alpha value is -2.15. The summed E-state index contributed by atoms with van der Waals surface area (Å²) in [5.74, 6) is -0.0240. The molecule has 27 heavy (non-hydrogen) atoms. The van der Waals surface area contributed by atoms with Gasteiger partial charge >= 0.3 is 0 Å². The highest BCUT2D eigenvalue weighted by molar-refractivity contribution is 7.12. The molecule has 1 aliphatic heterocycles. The first kappa shape index (κ1) is 19.6. The molecule has 1 fully saturated rings. The Morgan fingerprint density at radius 1 is 1.11 bits per heavy atom. The molecule has 142 valence electrons. The maximum atomic E-state index is 12.3. The summed E-state index contributed by atoms with van der Waals surface area (Å²) in [5, 5.41) is 5.47. The van der Waals surface area contributed by atoms with E-state index in [1.165, 1.54) is 11.3 Å². The van der Waals surface area contributed by atoms with Gasteiger partial charge in [-0.2, -0.15) is 0 Å². The van der Waals surface area contributed by atoms with Crippen LogP contribution in [-0.4, -0.2) is 60.9 Å². The predicted molar refractivity (Wildman–Crippen MR) is 110 cm³/mol. The Kier molecular flexibility index (Phi) is 7.04. The SMILES string of the molecule is O=C(NCCN1CCN(C(=O)/C=C/c2ccccc2Cl)CC1)c1cccs1. The van der Waals surface area contributed by atoms with Crippen LogP contribution in [0.2, 0.25) is 5.02 Å². The normalized spacial score (nSPS) is 15.2. The zero-order valence-corrected chi connectivity index (χ0v) is 16.5. The van der Waals surface area contributed by atoms with Crippen LogP contribution in [0.25, 0.3) is 6.08 Å². The van der Waals surface area contributed by atoms with E-state index in [4.69, 9.17) is 11.6 Å². The first-order chi connectivity index (χ1) is 13.1. The van der Waals surface area contributed by atoms with Crippen molar-refractivity contribution < 1.29 is 9.59 Å². The largest absolute Gasteiger partial charge is 0.350 e. The van der Waals surface area contributed by atoms with Crippen LogP contribution in [0.15, 0.2) is 47.9 Å². The average molecular weight is 404 g/mol. The zero-order chi connectivity index (χ0) is 19.1. The molecule has 2 amide bonds. The van der Waals surface area contributed by atoms with Crippen LogP contribution in [0.5, 0.6) is 0 Å². The van der Waals surface area contributed by atoms with Crippen LogP contribution in [0.1, 0.15) is 15.2 Å². The van der Waals surface area contributed by atoms with Gasteiger partial charge in [-0.1, -0.05) is 35.9 Å². The smallest absolute Gasteiger partial charge is 0.261 e. The lowest BCUT2D eigenvalue weighted by Crippen LogP contribution is -2.49. The Balaban J connectivity index is 1.39. The minimum atomic E-state index is -0.0245. The second-order valence-corrected chi connectivity index (χ2v) is 7.61. The highest BCUT2D eigenvalue weighted by Crippen LogP contribution is 2.16. The number of nitrogens with zero attached hydrogens (tertiary/aromatic N) is 2. The minimum Gasteiger partial charge on any atom is -0.350 e. The van der Waals surface area contributed by atoms with Crippen molar-refractivity contribution in [2.75, 3.05) is 39.3 Å². The molecule has 1 aromatic heterocycles. The molecule has 0 unspecified atom stereocenters. The molecule has 7 heteroatoms. The van der Waals surface area contributed by atoms with Gasteiger partial charge in [-0.25, -0.2) is 0 Å². The second kappa shape index (κ2) is 9.69. The van der Waals surface area contributed by atoms with Gasteiger partial charge in [-0.15, -0.1) is 11.3 Å². The summed E-state index contributed by atoms with van der Waals surface area (Å²) in [4.78, 5) is 29.1. The van der Waals surface area contributed by atoms with Crippen molar-refractivity contribution in [1.82, 2.24) is 15.1 Å². The number of hydrogen-bond acceptors (Lipinski definition) is 4. The lowest BCUT2D eigenvalue weighted by Gasteiger charge is -2.34. The van der Waals surface area contributed by atoms with Crippen molar-refractivity contribution >= 4 is 40.8 Å². The van der Waals surface area contributed by atoms with Crippen LogP contribution in [0.4, 0.5) is 0 Å². The fourth-order valence-corrected chi connectivity index (χ4v) is 3.73. The molecule has 0 saturated carbocycles. The van der Waals surface area contributed by atoms with Gasteiger partial charge in [0.05, 0.1) is 4.88 Å². The molecule has 0 radical (unpaired) electrons. The number of nitrogens with one attached hydrogen (secondary N) is 1. The summed E-state index contributed by atoms with van der Waals surface area (Å²) >= 11 is 7.54. The summed E-state index contributed by atoms with van der Waals surface area (Å²) in [6, 6.07) is 11.1. The van der Waals surface area contributed by atoms with E-state index in [-0.39, 0.29) is 11.8 Å². The summed E-state index contributed by atoms with van der Waals surface area (Å²) in [6.45, 7) is 4.38. The third-order valence-corrected chi connectivity index (χ3v) is 5.67. The molecule has 2 heterocycles. The van der Waals surface area contributed by atoms with Crippen LogP contribution in [0.3, 0.4) is 0 Å². The number of carbonyl (C=O) groups excluding carboxylic acids is 2. The van der Waals surface area contributed by atoms with E-state index < -0.39 is 0 Å². The summed E-state index contributed by atoms with van der Waals surface area (Å²) in [5.41, 5.74) is 0.840. The van der Waals surface area contributed by atoms with Crippen molar-refractivity contribution in [1.29, 1.82) is 0 Å². The van der Waals surface area contributed by atoms with Crippen LogP contribution < -0.4 is 5.32 Å². The Bertz CT molecular complexity index is 799. The molecule has 0 aliphatic carbocycles. The monoisotopic (exact) mass is 403 g/mol. The molecular formula is C20H22ClN3O2S. The van der Waals surface area contributed by atoms with Gasteiger partial charge in [0.15, 0.2) is 0 Å². The molecule has 0 bridgehead atoms. The van der Waals surface area contributed by atoms with Crippen molar-refractivity contribution in [2.45, 2.75) is 0 Å². The number of hydrogen-bond donors (Lipinski definition) is 1. The van der Waals surface area contributed by atoms with Gasteiger partial charge in [0, 0.05) is 50.4 Å². The topological polar surface area (TPSA) is 52.7 Å². The zero-order valence-electron chi connectivity index (χ0n) is 14.9. The van der Waals surface area contributed by atoms with E-state index in [1.807, 2.05) is 46.7 Å². The fourth-order valence-electron chi connectivity index (χ4n) is 2.89. The molecular weight excluding hydrogens is 382 g/mol. The Morgan fingerprint density at radius 2 is 1.89 bits per heavy atom. The second-order valence-electron chi connectivity index (χ2n) is 6.25. The number of halogens is 1. The van der Waals surface area contributed by atoms with E-state index in [0.29, 0.717) is 24.7 Å². The molecule has 1 saturated heterocycles. The maximum Gasteiger partial charge on any atom is 0.261 e. The van der Waals surface area contributed by atoms with E-state index >= 15 is 0 Å². The predicted octanol–water partition coefficient (Wildman–Crippen LogP) is 2.99. The first-order valence-corrected chi connectivity index (χ1v) is 10.1. The van der Waals surface area contributed by atoms with Crippen molar-refractivity contribution in [3.05, 3.63) is 63.3 Å². The van der Waals surface area contributed by atoms with E-state index in [2.05, 4.69) is 10.2 Å².